The van der Waals surface area contributed by atoms with Crippen molar-refractivity contribution >= 4 is 11.6 Å². The first-order valence-electron chi connectivity index (χ1n) is 9.81. The molecule has 1 aliphatic heterocycles. The molecule has 0 saturated heterocycles. The third kappa shape index (κ3) is 3.50. The Balaban J connectivity index is 1.56. The number of carbonyl (C=O) groups is 1. The molecule has 1 aliphatic rings. The van der Waals surface area contributed by atoms with E-state index in [0.29, 0.717) is 35.0 Å². The predicted octanol–water partition coefficient (Wildman–Crippen LogP) is 4.11. The number of fused-ring (bicyclic) bond motifs is 2. The highest BCUT2D eigenvalue weighted by atomic mass is 19.1. The van der Waals surface area contributed by atoms with Gasteiger partial charge >= 0.3 is 0 Å². The second-order valence-electron chi connectivity index (χ2n) is 7.24. The molecule has 0 unspecified atom stereocenters. The fraction of sp³-hybridized carbons (Fsp3) is 0.0833. The highest BCUT2D eigenvalue weighted by Gasteiger charge is 2.29. The number of benzene rings is 3. The molecule has 0 fully saturated rings. The van der Waals surface area contributed by atoms with Gasteiger partial charge in [0.05, 0.1) is 11.3 Å². The van der Waals surface area contributed by atoms with E-state index in [-0.39, 0.29) is 23.8 Å². The van der Waals surface area contributed by atoms with E-state index < -0.39 is 0 Å². The third-order valence-corrected chi connectivity index (χ3v) is 5.15. The zero-order chi connectivity index (χ0) is 21.4. The van der Waals surface area contributed by atoms with Gasteiger partial charge in [0.15, 0.2) is 0 Å². The number of rotatable bonds is 4. The molecule has 0 saturated carbocycles. The molecule has 0 radical (unpaired) electrons. The lowest BCUT2D eigenvalue weighted by molar-refractivity contribution is -0.117. The van der Waals surface area contributed by atoms with E-state index in [1.54, 1.807) is 16.8 Å². The number of nitrogens with one attached hydrogen (secondary N) is 1. The van der Waals surface area contributed by atoms with Gasteiger partial charge in [0, 0.05) is 12.1 Å². The summed E-state index contributed by atoms with van der Waals surface area (Å²) in [4.78, 5) is 26.1. The third-order valence-electron chi connectivity index (χ3n) is 5.15. The van der Waals surface area contributed by atoms with Crippen LogP contribution in [0.3, 0.4) is 0 Å². The van der Waals surface area contributed by atoms with Crippen LogP contribution in [-0.4, -0.2) is 15.3 Å². The molecule has 6 nitrogen and oxygen atoms in total. The van der Waals surface area contributed by atoms with Crippen LogP contribution in [0, 0.1) is 5.82 Å². The standard InChI is InChI=1S/C24H18FN3O3/c25-17-10-12-18(13-11-17)26-22(29)15-27-24-20(14-16-6-4-5-9-21(16)31-24)23(30)28(27)19-7-2-1-3-8-19/h1-13H,14-15H2,(H,26,29). The molecule has 1 aromatic heterocycles. The molecule has 2 heterocycles. The molecular formula is C24H18FN3O3. The minimum absolute atomic E-state index is 0.154. The average Bonchev–Trinajstić information content (AvgIpc) is 3.05. The largest absolute Gasteiger partial charge is 0.439 e. The Bertz CT molecular complexity index is 1320. The van der Waals surface area contributed by atoms with E-state index in [4.69, 9.17) is 4.74 Å². The molecule has 1 N–H and O–H groups in total. The Hall–Kier alpha value is -4.13. The second-order valence-corrected chi connectivity index (χ2v) is 7.24. The van der Waals surface area contributed by atoms with E-state index in [9.17, 15) is 14.0 Å². The van der Waals surface area contributed by atoms with Crippen LogP contribution in [0.15, 0.2) is 83.7 Å². The van der Waals surface area contributed by atoms with Crippen molar-refractivity contribution in [1.82, 2.24) is 9.36 Å². The van der Waals surface area contributed by atoms with Gasteiger partial charge in [-0.3, -0.25) is 9.59 Å². The van der Waals surface area contributed by atoms with Crippen molar-refractivity contribution in [2.75, 3.05) is 5.32 Å². The van der Waals surface area contributed by atoms with Gasteiger partial charge in [-0.1, -0.05) is 36.4 Å². The van der Waals surface area contributed by atoms with Crippen LogP contribution in [0.4, 0.5) is 10.1 Å². The minimum Gasteiger partial charge on any atom is -0.439 e. The van der Waals surface area contributed by atoms with Gasteiger partial charge in [0.2, 0.25) is 11.8 Å². The quantitative estimate of drug-likeness (QED) is 0.480. The zero-order valence-electron chi connectivity index (χ0n) is 16.4. The molecule has 0 spiro atoms. The summed E-state index contributed by atoms with van der Waals surface area (Å²) in [5, 5.41) is 2.73. The van der Waals surface area contributed by atoms with Gasteiger partial charge in [-0.05, 0) is 48.0 Å². The monoisotopic (exact) mass is 415 g/mol. The van der Waals surface area contributed by atoms with Gasteiger partial charge in [-0.2, -0.15) is 0 Å². The van der Waals surface area contributed by atoms with Crippen LogP contribution in [0.1, 0.15) is 11.1 Å². The Morgan fingerprint density at radius 3 is 2.45 bits per heavy atom. The maximum Gasteiger partial charge on any atom is 0.278 e. The van der Waals surface area contributed by atoms with Crippen LogP contribution in [0.5, 0.6) is 11.6 Å². The maximum absolute atomic E-state index is 13.3. The molecule has 154 valence electrons. The SMILES string of the molecule is O=C(Cn1c2c(c(=O)n1-c1ccccc1)Cc1ccccc1O2)Nc1ccc(F)cc1. The molecule has 7 heteroatoms. The Labute approximate surface area is 177 Å². The molecule has 1 amide bonds. The Morgan fingerprint density at radius 2 is 1.68 bits per heavy atom. The smallest absolute Gasteiger partial charge is 0.278 e. The summed E-state index contributed by atoms with van der Waals surface area (Å²) in [6.45, 7) is -0.154. The van der Waals surface area contributed by atoms with E-state index in [0.717, 1.165) is 5.56 Å². The van der Waals surface area contributed by atoms with Crippen molar-refractivity contribution in [3.63, 3.8) is 0 Å². The highest BCUT2D eigenvalue weighted by Crippen LogP contribution is 2.35. The number of amides is 1. The number of para-hydroxylation sites is 2. The van der Waals surface area contributed by atoms with Gasteiger partial charge in [0.25, 0.3) is 5.56 Å². The van der Waals surface area contributed by atoms with Crippen molar-refractivity contribution < 1.29 is 13.9 Å². The summed E-state index contributed by atoms with van der Waals surface area (Å²) < 4.78 is 22.2. The Kier molecular flexibility index (Phi) is 4.63. The van der Waals surface area contributed by atoms with Crippen molar-refractivity contribution in [3.05, 3.63) is 106 Å². The van der Waals surface area contributed by atoms with Crippen LogP contribution < -0.4 is 15.6 Å². The summed E-state index contributed by atoms with van der Waals surface area (Å²) in [6.07, 6.45) is 0.420. The van der Waals surface area contributed by atoms with E-state index in [2.05, 4.69) is 5.32 Å². The Morgan fingerprint density at radius 1 is 0.968 bits per heavy atom. The normalized spacial score (nSPS) is 11.9. The predicted molar refractivity (Wildman–Crippen MR) is 114 cm³/mol. The number of nitrogens with zero attached hydrogens (tertiary/aromatic N) is 2. The summed E-state index contributed by atoms with van der Waals surface area (Å²) >= 11 is 0. The lowest BCUT2D eigenvalue weighted by Crippen LogP contribution is -2.27. The van der Waals surface area contributed by atoms with Crippen LogP contribution >= 0.6 is 0 Å². The van der Waals surface area contributed by atoms with E-state index >= 15 is 0 Å². The molecule has 5 rings (SSSR count). The number of anilines is 1. The van der Waals surface area contributed by atoms with Gasteiger partial charge in [-0.15, -0.1) is 0 Å². The van der Waals surface area contributed by atoms with Crippen LogP contribution in [0.2, 0.25) is 0 Å². The van der Waals surface area contributed by atoms with Gasteiger partial charge in [0.1, 0.15) is 18.1 Å². The van der Waals surface area contributed by atoms with Crippen molar-refractivity contribution in [3.8, 4) is 17.3 Å². The first kappa shape index (κ1) is 18.9. The topological polar surface area (TPSA) is 65.3 Å². The fourth-order valence-corrected chi connectivity index (χ4v) is 3.72. The first-order valence-corrected chi connectivity index (χ1v) is 9.81. The average molecular weight is 415 g/mol. The molecule has 3 aromatic carbocycles. The molecule has 4 aromatic rings. The van der Waals surface area contributed by atoms with Crippen molar-refractivity contribution in [2.45, 2.75) is 13.0 Å². The number of hydrogen-bond acceptors (Lipinski definition) is 3. The molecule has 0 bridgehead atoms. The summed E-state index contributed by atoms with van der Waals surface area (Å²) in [5.74, 6) is 0.258. The highest BCUT2D eigenvalue weighted by molar-refractivity contribution is 5.90. The van der Waals surface area contributed by atoms with Crippen LogP contribution in [0.25, 0.3) is 5.69 Å². The number of ether oxygens (including phenoxy) is 1. The molecule has 31 heavy (non-hydrogen) atoms. The molecule has 0 atom stereocenters. The summed E-state index contributed by atoms with van der Waals surface area (Å²) in [6, 6.07) is 22.1. The fourth-order valence-electron chi connectivity index (χ4n) is 3.72. The number of hydrogen-bond donors (Lipinski definition) is 1. The molecular weight excluding hydrogens is 397 g/mol. The second kappa shape index (κ2) is 7.60. The number of halogens is 1. The first-order chi connectivity index (χ1) is 15.1. The van der Waals surface area contributed by atoms with Crippen LogP contribution in [-0.2, 0) is 17.8 Å². The summed E-state index contributed by atoms with van der Waals surface area (Å²) in [7, 11) is 0. The van der Waals surface area contributed by atoms with Gasteiger partial charge < -0.3 is 10.1 Å². The minimum atomic E-state index is -0.387. The maximum atomic E-state index is 13.3. The van der Waals surface area contributed by atoms with E-state index in [1.807, 2.05) is 42.5 Å². The zero-order valence-corrected chi connectivity index (χ0v) is 16.4. The van der Waals surface area contributed by atoms with Crippen molar-refractivity contribution in [2.24, 2.45) is 0 Å². The van der Waals surface area contributed by atoms with Crippen molar-refractivity contribution in [1.29, 1.82) is 0 Å². The molecule has 0 aliphatic carbocycles. The number of aromatic nitrogens is 2. The van der Waals surface area contributed by atoms with E-state index in [1.165, 1.54) is 28.9 Å². The lowest BCUT2D eigenvalue weighted by atomic mass is 10.0. The van der Waals surface area contributed by atoms with Gasteiger partial charge in [-0.25, -0.2) is 13.8 Å². The lowest BCUT2D eigenvalue weighted by Gasteiger charge is -2.19. The number of carbonyl (C=O) groups excluding carboxylic acids is 1. The summed E-state index contributed by atoms with van der Waals surface area (Å²) in [5.41, 5.74) is 2.28.